The largest absolute Gasteiger partial charge is 0.504 e. The van der Waals surface area contributed by atoms with Gasteiger partial charge in [-0.25, -0.2) is 9.97 Å². The highest BCUT2D eigenvalue weighted by Crippen LogP contribution is 2.23. The lowest BCUT2D eigenvalue weighted by Crippen LogP contribution is -2.14. The quantitative estimate of drug-likeness (QED) is 0.875. The molecular weight excluding hydrogens is 268 g/mol. The van der Waals surface area contributed by atoms with Crippen molar-refractivity contribution in [2.75, 3.05) is 4.72 Å². The van der Waals surface area contributed by atoms with E-state index in [4.69, 9.17) is 0 Å². The molecule has 2 aromatic heterocycles. The van der Waals surface area contributed by atoms with Gasteiger partial charge >= 0.3 is 0 Å². The molecule has 0 aliphatic rings. The number of sulfonamides is 1. The number of aromatic hydroxyl groups is 1. The van der Waals surface area contributed by atoms with Crippen molar-refractivity contribution >= 4 is 15.8 Å². The molecule has 0 amide bonds. The molecule has 0 bridgehead atoms. The van der Waals surface area contributed by atoms with Gasteiger partial charge < -0.3 is 9.67 Å². The van der Waals surface area contributed by atoms with Crippen LogP contribution < -0.4 is 4.72 Å². The number of aryl methyl sites for hydroxylation is 2. The van der Waals surface area contributed by atoms with Gasteiger partial charge in [0.15, 0.2) is 16.6 Å². The first kappa shape index (κ1) is 13.3. The van der Waals surface area contributed by atoms with Gasteiger partial charge in [0, 0.05) is 18.4 Å². The van der Waals surface area contributed by atoms with Crippen LogP contribution in [0.5, 0.6) is 5.75 Å². The topological polar surface area (TPSA) is 97.1 Å². The summed E-state index contributed by atoms with van der Waals surface area (Å²) in [6, 6.07) is 2.96. The van der Waals surface area contributed by atoms with Crippen LogP contribution in [0.3, 0.4) is 0 Å². The predicted molar refractivity (Wildman–Crippen MR) is 69.3 cm³/mol. The van der Waals surface area contributed by atoms with Crippen LogP contribution in [-0.4, -0.2) is 28.1 Å². The van der Waals surface area contributed by atoms with E-state index in [9.17, 15) is 13.5 Å². The van der Waals surface area contributed by atoms with Gasteiger partial charge in [0.25, 0.3) is 10.0 Å². The van der Waals surface area contributed by atoms with Gasteiger partial charge in [-0.2, -0.15) is 8.42 Å². The molecule has 0 unspecified atom stereocenters. The lowest BCUT2D eigenvalue weighted by molar-refractivity contribution is 0.475. The smallest absolute Gasteiger partial charge is 0.282 e. The standard InChI is InChI=1S/C11H14N4O3S/c1-3-15-6-10(12-7-15)19(17,18)14-11-9(16)5-4-8(2)13-11/h4-7,16H,3H2,1-2H3,(H,13,14). The van der Waals surface area contributed by atoms with Crippen LogP contribution in [-0.2, 0) is 16.6 Å². The first-order valence-corrected chi connectivity index (χ1v) is 7.12. The second-order valence-corrected chi connectivity index (χ2v) is 5.60. The third kappa shape index (κ3) is 2.84. The molecule has 2 N–H and O–H groups in total. The number of aromatic nitrogens is 3. The van der Waals surface area contributed by atoms with E-state index in [1.807, 2.05) is 6.92 Å². The van der Waals surface area contributed by atoms with Gasteiger partial charge in [-0.1, -0.05) is 0 Å². The molecule has 7 nitrogen and oxygen atoms in total. The average Bonchev–Trinajstić information content (AvgIpc) is 2.83. The molecule has 2 aromatic rings. The third-order valence-electron chi connectivity index (χ3n) is 2.49. The number of imidazole rings is 1. The van der Waals surface area contributed by atoms with Crippen molar-refractivity contribution in [3.05, 3.63) is 30.4 Å². The molecule has 2 heterocycles. The molecule has 0 saturated heterocycles. The van der Waals surface area contributed by atoms with Gasteiger partial charge in [-0.05, 0) is 26.0 Å². The number of pyridine rings is 1. The predicted octanol–water partition coefficient (Wildman–Crippen LogP) is 1.11. The molecule has 0 aliphatic heterocycles. The molecule has 0 radical (unpaired) electrons. The molecule has 0 spiro atoms. The molecule has 2 rings (SSSR count). The molecule has 102 valence electrons. The number of hydrogen-bond donors (Lipinski definition) is 2. The zero-order valence-corrected chi connectivity index (χ0v) is 11.3. The molecule has 0 fully saturated rings. The van der Waals surface area contributed by atoms with E-state index in [-0.39, 0.29) is 16.6 Å². The summed E-state index contributed by atoms with van der Waals surface area (Å²) in [4.78, 5) is 7.75. The van der Waals surface area contributed by atoms with Crippen LogP contribution in [0.4, 0.5) is 5.82 Å². The van der Waals surface area contributed by atoms with Crippen LogP contribution >= 0.6 is 0 Å². The van der Waals surface area contributed by atoms with Gasteiger partial charge in [0.05, 0.1) is 6.33 Å². The molecule has 0 aliphatic carbocycles. The highest BCUT2D eigenvalue weighted by atomic mass is 32.2. The maximum atomic E-state index is 12.1. The van der Waals surface area contributed by atoms with E-state index >= 15 is 0 Å². The van der Waals surface area contributed by atoms with Crippen LogP contribution in [0.15, 0.2) is 29.7 Å². The summed E-state index contributed by atoms with van der Waals surface area (Å²) in [5.74, 6) is -0.338. The Balaban J connectivity index is 2.33. The molecule has 19 heavy (non-hydrogen) atoms. The maximum Gasteiger partial charge on any atom is 0.282 e. The maximum absolute atomic E-state index is 12.1. The number of nitrogens with zero attached hydrogens (tertiary/aromatic N) is 3. The Morgan fingerprint density at radius 3 is 2.79 bits per heavy atom. The minimum Gasteiger partial charge on any atom is -0.504 e. The second-order valence-electron chi connectivity index (χ2n) is 3.97. The van der Waals surface area contributed by atoms with Crippen molar-refractivity contribution in [3.8, 4) is 5.75 Å². The Morgan fingerprint density at radius 1 is 1.42 bits per heavy atom. The number of nitrogens with one attached hydrogen (secondary N) is 1. The van der Waals surface area contributed by atoms with E-state index in [0.717, 1.165) is 0 Å². The van der Waals surface area contributed by atoms with Crippen molar-refractivity contribution in [3.63, 3.8) is 0 Å². The summed E-state index contributed by atoms with van der Waals surface area (Å²) < 4.78 is 28.0. The minimum absolute atomic E-state index is 0.106. The Kier molecular flexibility index (Phi) is 3.43. The summed E-state index contributed by atoms with van der Waals surface area (Å²) in [5, 5.41) is 9.47. The summed E-state index contributed by atoms with van der Waals surface area (Å²) >= 11 is 0. The summed E-state index contributed by atoms with van der Waals surface area (Å²) in [5.41, 5.74) is 0.592. The van der Waals surface area contributed by atoms with Crippen LogP contribution in [0.25, 0.3) is 0 Å². The number of rotatable bonds is 4. The fraction of sp³-hybridized carbons (Fsp3) is 0.273. The highest BCUT2D eigenvalue weighted by molar-refractivity contribution is 7.92. The van der Waals surface area contributed by atoms with Gasteiger partial charge in [-0.3, -0.25) is 4.72 Å². The van der Waals surface area contributed by atoms with Crippen molar-refractivity contribution in [1.82, 2.24) is 14.5 Å². The monoisotopic (exact) mass is 282 g/mol. The van der Waals surface area contributed by atoms with Crippen molar-refractivity contribution < 1.29 is 13.5 Å². The lowest BCUT2D eigenvalue weighted by Gasteiger charge is -2.07. The van der Waals surface area contributed by atoms with E-state index in [2.05, 4.69) is 14.7 Å². The zero-order chi connectivity index (χ0) is 14.0. The fourth-order valence-electron chi connectivity index (χ4n) is 1.46. The average molecular weight is 282 g/mol. The van der Waals surface area contributed by atoms with Gasteiger partial charge in [0.2, 0.25) is 0 Å². The first-order valence-electron chi connectivity index (χ1n) is 5.63. The molecule has 0 atom stereocenters. The van der Waals surface area contributed by atoms with Gasteiger partial charge in [-0.15, -0.1) is 0 Å². The highest BCUT2D eigenvalue weighted by Gasteiger charge is 2.19. The lowest BCUT2D eigenvalue weighted by atomic mass is 10.3. The Bertz CT molecular complexity index is 694. The van der Waals surface area contributed by atoms with Gasteiger partial charge in [0.1, 0.15) is 0 Å². The summed E-state index contributed by atoms with van der Waals surface area (Å²) in [7, 11) is -3.85. The van der Waals surface area contributed by atoms with Crippen LogP contribution in [0.2, 0.25) is 0 Å². The Morgan fingerprint density at radius 2 is 2.16 bits per heavy atom. The number of hydrogen-bond acceptors (Lipinski definition) is 5. The van der Waals surface area contributed by atoms with Crippen molar-refractivity contribution in [1.29, 1.82) is 0 Å². The fourth-order valence-corrected chi connectivity index (χ4v) is 2.42. The molecule has 8 heteroatoms. The first-order chi connectivity index (χ1) is 8.92. The Hall–Kier alpha value is -2.09. The van der Waals surface area contributed by atoms with Crippen molar-refractivity contribution in [2.24, 2.45) is 0 Å². The van der Waals surface area contributed by atoms with E-state index in [0.29, 0.717) is 12.2 Å². The minimum atomic E-state index is -3.85. The summed E-state index contributed by atoms with van der Waals surface area (Å²) in [6.45, 7) is 4.19. The second kappa shape index (κ2) is 4.88. The third-order valence-corrected chi connectivity index (χ3v) is 3.72. The van der Waals surface area contributed by atoms with Crippen molar-refractivity contribution in [2.45, 2.75) is 25.4 Å². The van der Waals surface area contributed by atoms with E-state index < -0.39 is 10.0 Å². The van der Waals surface area contributed by atoms with E-state index in [1.165, 1.54) is 18.6 Å². The normalized spacial score (nSPS) is 11.5. The molecule has 0 aromatic carbocycles. The molecular formula is C11H14N4O3S. The van der Waals surface area contributed by atoms with Crippen LogP contribution in [0, 0.1) is 6.92 Å². The molecule has 0 saturated carbocycles. The SMILES string of the molecule is CCn1cnc(S(=O)(=O)Nc2nc(C)ccc2O)c1. The summed E-state index contributed by atoms with van der Waals surface area (Å²) in [6.07, 6.45) is 2.84. The van der Waals surface area contributed by atoms with E-state index in [1.54, 1.807) is 17.6 Å². The Labute approximate surface area is 111 Å². The zero-order valence-electron chi connectivity index (χ0n) is 10.5. The van der Waals surface area contributed by atoms with Crippen LogP contribution in [0.1, 0.15) is 12.6 Å². The number of anilines is 1.